The second-order valence-corrected chi connectivity index (χ2v) is 10.9. The number of halogens is 12. The number of hydrogen-bond acceptors (Lipinski definition) is 4. The Morgan fingerprint density at radius 1 is 0.577 bits per heavy atom. The Morgan fingerprint density at radius 3 is 1.38 bits per heavy atom. The molecule has 0 bridgehead atoms. The van der Waals surface area contributed by atoms with E-state index >= 15 is 0 Å². The normalized spacial score (nSPS) is 12.2. The third-order valence-electron chi connectivity index (χ3n) is 7.10. The number of rotatable bonds is 6. The number of amides is 1. The van der Waals surface area contributed by atoms with Crippen molar-refractivity contribution in [2.75, 3.05) is 0 Å². The summed E-state index contributed by atoms with van der Waals surface area (Å²) in [6.45, 7) is -0.951. The number of benzene rings is 4. The maximum absolute atomic E-state index is 13.1. The maximum Gasteiger partial charge on any atom is 0.416 e. The Kier molecular flexibility index (Phi) is 11.7. The van der Waals surface area contributed by atoms with Crippen molar-refractivity contribution < 1.29 is 57.5 Å². The van der Waals surface area contributed by atoms with Crippen LogP contribution < -0.4 is 11.1 Å². The van der Waals surface area contributed by atoms with Crippen LogP contribution in [0.2, 0.25) is 0 Å². The SMILES string of the molecule is NCc1cc(C(F)(F)F)cc(C(F)(F)F)c1.O=C(NCc1cc(C(F)(F)F)cc(C(F)(F)F)c1)c1cnc(-c2ccccc2)nc1-c1ccccc1. The molecule has 0 fully saturated rings. The number of alkyl halides is 12. The fraction of sp³-hybridized carbons (Fsp3) is 0.171. The van der Waals surface area contributed by atoms with Crippen molar-refractivity contribution in [3.8, 4) is 22.6 Å². The molecule has 0 atom stereocenters. The first kappa shape index (κ1) is 39.3. The van der Waals surface area contributed by atoms with Crippen LogP contribution >= 0.6 is 0 Å². The molecule has 0 aliphatic heterocycles. The number of nitrogens with zero attached hydrogens (tertiary/aromatic N) is 2. The lowest BCUT2D eigenvalue weighted by molar-refractivity contribution is -0.144. The number of nitrogens with one attached hydrogen (secondary N) is 1. The van der Waals surface area contributed by atoms with Crippen molar-refractivity contribution in [1.82, 2.24) is 15.3 Å². The van der Waals surface area contributed by atoms with E-state index < -0.39 is 59.4 Å². The molecule has 5 rings (SSSR count). The Bertz CT molecular complexity index is 1930. The van der Waals surface area contributed by atoms with Gasteiger partial charge in [0.25, 0.3) is 5.91 Å². The summed E-state index contributed by atoms with van der Waals surface area (Å²) in [4.78, 5) is 21.7. The van der Waals surface area contributed by atoms with Gasteiger partial charge in [-0.15, -0.1) is 0 Å². The number of nitrogens with two attached hydrogens (primary N) is 1. The van der Waals surface area contributed by atoms with E-state index in [9.17, 15) is 57.5 Å². The van der Waals surface area contributed by atoms with Crippen molar-refractivity contribution in [3.63, 3.8) is 0 Å². The summed E-state index contributed by atoms with van der Waals surface area (Å²) in [6, 6.07) is 20.1. The molecule has 0 aliphatic rings. The van der Waals surface area contributed by atoms with E-state index in [2.05, 4.69) is 15.3 Å². The predicted molar refractivity (Wildman–Crippen MR) is 165 cm³/mol. The van der Waals surface area contributed by atoms with Crippen LogP contribution in [0.1, 0.15) is 43.7 Å². The molecule has 3 N–H and O–H groups in total. The fourth-order valence-corrected chi connectivity index (χ4v) is 4.63. The van der Waals surface area contributed by atoms with E-state index in [0.29, 0.717) is 41.2 Å². The van der Waals surface area contributed by atoms with Crippen molar-refractivity contribution >= 4 is 5.91 Å². The maximum atomic E-state index is 13.1. The molecule has 17 heteroatoms. The van der Waals surface area contributed by atoms with Gasteiger partial charge in [-0.1, -0.05) is 60.7 Å². The van der Waals surface area contributed by atoms with Crippen LogP contribution in [0.15, 0.2) is 103 Å². The van der Waals surface area contributed by atoms with Crippen molar-refractivity contribution in [2.45, 2.75) is 37.8 Å². The van der Waals surface area contributed by atoms with Crippen LogP contribution in [-0.2, 0) is 37.8 Å². The standard InChI is InChI=1S/C26H17F6N3O.C9H7F6N/c27-25(28,29)19-11-16(12-20(13-19)26(30,31)32)14-34-24(36)21-15-33-23(18-9-5-2-6-10-18)35-22(21)17-7-3-1-4-8-17;10-8(11,12)6-1-5(4-16)2-7(3-6)9(13,14)15/h1-13,15H,14H2,(H,34,36);1-3H,4,16H2. The van der Waals surface area contributed by atoms with Gasteiger partial charge in [-0.25, -0.2) is 9.97 Å². The second kappa shape index (κ2) is 15.4. The van der Waals surface area contributed by atoms with Crippen LogP contribution in [0.3, 0.4) is 0 Å². The zero-order valence-corrected chi connectivity index (χ0v) is 26.1. The number of carbonyl (C=O) groups excluding carboxylic acids is 1. The van der Waals surface area contributed by atoms with Gasteiger partial charge in [0, 0.05) is 30.4 Å². The first-order chi connectivity index (χ1) is 24.2. The molecule has 0 saturated heterocycles. The molecule has 5 aromatic rings. The van der Waals surface area contributed by atoms with Crippen LogP contribution in [0, 0.1) is 0 Å². The monoisotopic (exact) mass is 744 g/mol. The average molecular weight is 745 g/mol. The van der Waals surface area contributed by atoms with E-state index in [1.807, 2.05) is 6.07 Å². The topological polar surface area (TPSA) is 80.9 Å². The van der Waals surface area contributed by atoms with E-state index in [-0.39, 0.29) is 41.1 Å². The van der Waals surface area contributed by atoms with E-state index in [0.717, 1.165) is 0 Å². The van der Waals surface area contributed by atoms with Crippen LogP contribution in [0.5, 0.6) is 0 Å². The smallest absolute Gasteiger partial charge is 0.348 e. The fourth-order valence-electron chi connectivity index (χ4n) is 4.63. The lowest BCUT2D eigenvalue weighted by Crippen LogP contribution is -2.25. The third kappa shape index (κ3) is 10.3. The lowest BCUT2D eigenvalue weighted by atomic mass is 10.0. The highest BCUT2D eigenvalue weighted by Crippen LogP contribution is 2.37. The molecule has 0 unspecified atom stereocenters. The molecule has 0 spiro atoms. The van der Waals surface area contributed by atoms with Gasteiger partial charge in [-0.3, -0.25) is 4.79 Å². The summed E-state index contributed by atoms with van der Waals surface area (Å²) in [6.07, 6.45) is -18.3. The summed E-state index contributed by atoms with van der Waals surface area (Å²) in [7, 11) is 0. The highest BCUT2D eigenvalue weighted by Gasteiger charge is 2.38. The Labute approximate surface area is 287 Å². The van der Waals surface area contributed by atoms with Gasteiger partial charge in [0.2, 0.25) is 0 Å². The van der Waals surface area contributed by atoms with Gasteiger partial charge < -0.3 is 11.1 Å². The largest absolute Gasteiger partial charge is 0.416 e. The third-order valence-corrected chi connectivity index (χ3v) is 7.10. The minimum atomic E-state index is -4.98. The quantitative estimate of drug-likeness (QED) is 0.170. The predicted octanol–water partition coefficient (Wildman–Crippen LogP) is 9.96. The van der Waals surface area contributed by atoms with E-state index in [4.69, 9.17) is 5.73 Å². The van der Waals surface area contributed by atoms with Gasteiger partial charge in [-0.2, -0.15) is 52.7 Å². The zero-order valence-electron chi connectivity index (χ0n) is 26.1. The minimum Gasteiger partial charge on any atom is -0.348 e. The molecule has 4 aromatic carbocycles. The average Bonchev–Trinajstić information content (AvgIpc) is 3.09. The van der Waals surface area contributed by atoms with E-state index in [1.165, 1.54) is 6.20 Å². The molecular formula is C35H24F12N4O. The van der Waals surface area contributed by atoms with Gasteiger partial charge >= 0.3 is 24.7 Å². The summed E-state index contributed by atoms with van der Waals surface area (Å²) in [5, 5.41) is 2.39. The molecule has 1 amide bonds. The zero-order chi connectivity index (χ0) is 38.5. The molecule has 5 nitrogen and oxygen atoms in total. The highest BCUT2D eigenvalue weighted by atomic mass is 19.4. The molecule has 0 aliphatic carbocycles. The number of hydrogen-bond donors (Lipinski definition) is 2. The Balaban J connectivity index is 0.000000317. The molecule has 274 valence electrons. The van der Waals surface area contributed by atoms with Crippen LogP contribution in [-0.4, -0.2) is 15.9 Å². The summed E-state index contributed by atoms with van der Waals surface area (Å²) < 4.78 is 152. The first-order valence-electron chi connectivity index (χ1n) is 14.7. The van der Waals surface area contributed by atoms with E-state index in [1.54, 1.807) is 54.6 Å². The lowest BCUT2D eigenvalue weighted by Gasteiger charge is -2.15. The summed E-state index contributed by atoms with van der Waals surface area (Å²) in [5.41, 5.74) is 0.444. The van der Waals surface area contributed by atoms with Crippen LogP contribution in [0.25, 0.3) is 22.6 Å². The highest BCUT2D eigenvalue weighted by molar-refractivity contribution is 5.99. The molecule has 0 saturated carbocycles. The van der Waals surface area contributed by atoms with Crippen molar-refractivity contribution in [2.24, 2.45) is 5.73 Å². The number of carbonyl (C=O) groups is 1. The minimum absolute atomic E-state index is 0.0175. The molecule has 52 heavy (non-hydrogen) atoms. The second-order valence-electron chi connectivity index (χ2n) is 10.9. The summed E-state index contributed by atoms with van der Waals surface area (Å²) in [5.74, 6) is -0.405. The van der Waals surface area contributed by atoms with Gasteiger partial charge in [-0.05, 0) is 47.5 Å². The first-order valence-corrected chi connectivity index (χ1v) is 14.7. The molecule has 0 radical (unpaired) electrons. The molecular weight excluding hydrogens is 720 g/mol. The van der Waals surface area contributed by atoms with Gasteiger partial charge in [0.05, 0.1) is 33.5 Å². The summed E-state index contributed by atoms with van der Waals surface area (Å²) >= 11 is 0. The molecule has 1 heterocycles. The van der Waals surface area contributed by atoms with Crippen molar-refractivity contribution in [1.29, 1.82) is 0 Å². The number of aromatic nitrogens is 2. The Morgan fingerprint density at radius 2 is 0.981 bits per heavy atom. The molecule has 1 aromatic heterocycles. The van der Waals surface area contributed by atoms with Gasteiger partial charge in [0.15, 0.2) is 5.82 Å². The van der Waals surface area contributed by atoms with Crippen molar-refractivity contribution in [3.05, 3.63) is 142 Å². The van der Waals surface area contributed by atoms with Crippen LogP contribution in [0.4, 0.5) is 52.7 Å². The van der Waals surface area contributed by atoms with Gasteiger partial charge in [0.1, 0.15) is 0 Å². The Hall–Kier alpha value is -5.45.